The van der Waals surface area contributed by atoms with Crippen LogP contribution < -0.4 is 5.32 Å². The van der Waals surface area contributed by atoms with E-state index in [1.165, 1.54) is 18.2 Å². The molecule has 2 rings (SSSR count). The maximum Gasteiger partial charge on any atom is 0.270 e. The number of nitrogens with one attached hydrogen (secondary N) is 1. The van der Waals surface area contributed by atoms with Gasteiger partial charge in [-0.05, 0) is 30.4 Å². The zero-order valence-electron chi connectivity index (χ0n) is 10.1. The van der Waals surface area contributed by atoms with E-state index in [0.29, 0.717) is 0 Å². The van der Waals surface area contributed by atoms with Gasteiger partial charge in [-0.1, -0.05) is 11.6 Å². The molecule has 102 valence electrons. The molecule has 1 aliphatic rings. The fraction of sp³-hybridized carbons (Fsp3) is 0.417. The van der Waals surface area contributed by atoms with E-state index in [0.717, 1.165) is 24.3 Å². The standard InChI is InChI=1S/C12H13ClN2O3S/c13-11-2-1-9(15(17)18)7-10(11)12(16)14-8-3-5-19-6-4-8/h1-2,7-8H,3-6H2,(H,14,16). The molecule has 0 spiro atoms. The van der Waals surface area contributed by atoms with Crippen LogP contribution in [0.5, 0.6) is 0 Å². The minimum atomic E-state index is -0.537. The number of nitro benzene ring substituents is 1. The molecule has 0 aromatic heterocycles. The minimum Gasteiger partial charge on any atom is -0.349 e. The first kappa shape index (κ1) is 14.1. The fourth-order valence-electron chi connectivity index (χ4n) is 1.91. The minimum absolute atomic E-state index is 0.129. The summed E-state index contributed by atoms with van der Waals surface area (Å²) in [5.74, 6) is 1.70. The van der Waals surface area contributed by atoms with Crippen LogP contribution in [-0.2, 0) is 0 Å². The van der Waals surface area contributed by atoms with Gasteiger partial charge < -0.3 is 5.32 Å². The third kappa shape index (κ3) is 3.61. The van der Waals surface area contributed by atoms with Gasteiger partial charge in [0.15, 0.2) is 0 Å². The molecule has 1 amide bonds. The Morgan fingerprint density at radius 1 is 1.42 bits per heavy atom. The molecule has 1 aromatic carbocycles. The molecule has 1 saturated heterocycles. The van der Waals surface area contributed by atoms with Crippen molar-refractivity contribution in [2.24, 2.45) is 0 Å². The van der Waals surface area contributed by atoms with E-state index in [4.69, 9.17) is 11.6 Å². The number of hydrogen-bond acceptors (Lipinski definition) is 4. The van der Waals surface area contributed by atoms with Crippen LogP contribution >= 0.6 is 23.4 Å². The third-order valence-electron chi connectivity index (χ3n) is 2.96. The van der Waals surface area contributed by atoms with Crippen LogP contribution in [0.1, 0.15) is 23.2 Å². The summed E-state index contributed by atoms with van der Waals surface area (Å²) in [6.07, 6.45) is 1.84. The van der Waals surface area contributed by atoms with Crippen LogP contribution in [0.3, 0.4) is 0 Å². The molecule has 5 nitrogen and oxygen atoms in total. The zero-order valence-corrected chi connectivity index (χ0v) is 11.7. The highest BCUT2D eigenvalue weighted by Crippen LogP contribution is 2.23. The number of amides is 1. The molecule has 1 heterocycles. The predicted molar refractivity (Wildman–Crippen MR) is 75.9 cm³/mol. The predicted octanol–water partition coefficient (Wildman–Crippen LogP) is 2.87. The molecule has 1 N–H and O–H groups in total. The van der Waals surface area contributed by atoms with Crippen molar-refractivity contribution < 1.29 is 9.72 Å². The molecule has 0 radical (unpaired) electrons. The number of benzene rings is 1. The summed E-state index contributed by atoms with van der Waals surface area (Å²) in [5.41, 5.74) is 0.0304. The van der Waals surface area contributed by atoms with Crippen molar-refractivity contribution in [2.45, 2.75) is 18.9 Å². The van der Waals surface area contributed by atoms with Gasteiger partial charge in [-0.25, -0.2) is 0 Å². The van der Waals surface area contributed by atoms with Crippen LogP contribution in [0.2, 0.25) is 5.02 Å². The highest BCUT2D eigenvalue weighted by Gasteiger charge is 2.20. The summed E-state index contributed by atoms with van der Waals surface area (Å²) in [4.78, 5) is 22.3. The van der Waals surface area contributed by atoms with Crippen LogP contribution in [0.25, 0.3) is 0 Å². The maximum absolute atomic E-state index is 12.1. The molecular formula is C12H13ClN2O3S. The SMILES string of the molecule is O=C(NC1CCSCC1)c1cc([N+](=O)[O-])ccc1Cl. The fourth-order valence-corrected chi connectivity index (χ4v) is 3.22. The molecule has 1 aliphatic heterocycles. The Balaban J connectivity index is 2.13. The molecule has 0 atom stereocenters. The van der Waals surface area contributed by atoms with Crippen molar-refractivity contribution in [1.29, 1.82) is 0 Å². The molecule has 19 heavy (non-hydrogen) atoms. The van der Waals surface area contributed by atoms with Gasteiger partial charge in [0.2, 0.25) is 0 Å². The van der Waals surface area contributed by atoms with Gasteiger partial charge in [-0.2, -0.15) is 11.8 Å². The van der Waals surface area contributed by atoms with Gasteiger partial charge in [0, 0.05) is 18.2 Å². The first-order valence-electron chi connectivity index (χ1n) is 5.90. The van der Waals surface area contributed by atoms with Gasteiger partial charge in [0.05, 0.1) is 15.5 Å². The molecule has 0 bridgehead atoms. The summed E-state index contributed by atoms with van der Waals surface area (Å²) >= 11 is 7.79. The van der Waals surface area contributed by atoms with Gasteiger partial charge >= 0.3 is 0 Å². The highest BCUT2D eigenvalue weighted by atomic mass is 35.5. The van der Waals surface area contributed by atoms with Crippen molar-refractivity contribution >= 4 is 35.0 Å². The Labute approximate surface area is 119 Å². The number of carbonyl (C=O) groups is 1. The van der Waals surface area contributed by atoms with Crippen LogP contribution in [0.4, 0.5) is 5.69 Å². The summed E-state index contributed by atoms with van der Waals surface area (Å²) in [6.45, 7) is 0. The Kier molecular flexibility index (Phi) is 4.66. The van der Waals surface area contributed by atoms with Gasteiger partial charge in [-0.3, -0.25) is 14.9 Å². The van der Waals surface area contributed by atoms with E-state index in [2.05, 4.69) is 5.32 Å². The average Bonchev–Trinajstić information content (AvgIpc) is 2.40. The normalized spacial score (nSPS) is 16.1. The lowest BCUT2D eigenvalue weighted by atomic mass is 10.1. The van der Waals surface area contributed by atoms with E-state index in [-0.39, 0.29) is 28.2 Å². The van der Waals surface area contributed by atoms with E-state index < -0.39 is 4.92 Å². The first-order chi connectivity index (χ1) is 9.08. The topological polar surface area (TPSA) is 72.2 Å². The zero-order chi connectivity index (χ0) is 13.8. The number of halogens is 1. The molecule has 0 saturated carbocycles. The van der Waals surface area contributed by atoms with Crippen molar-refractivity contribution in [3.8, 4) is 0 Å². The second kappa shape index (κ2) is 6.25. The highest BCUT2D eigenvalue weighted by molar-refractivity contribution is 7.99. The molecule has 7 heteroatoms. The molecule has 1 aromatic rings. The Bertz CT molecular complexity index is 504. The Morgan fingerprint density at radius 3 is 2.74 bits per heavy atom. The number of thioether (sulfide) groups is 1. The molecular weight excluding hydrogens is 288 g/mol. The number of nitrogens with zero attached hydrogens (tertiary/aromatic N) is 1. The molecule has 1 fully saturated rings. The van der Waals surface area contributed by atoms with Crippen molar-refractivity contribution in [3.05, 3.63) is 38.9 Å². The second-order valence-electron chi connectivity index (χ2n) is 4.28. The second-order valence-corrected chi connectivity index (χ2v) is 5.91. The van der Waals surface area contributed by atoms with Gasteiger partial charge in [0.25, 0.3) is 11.6 Å². The monoisotopic (exact) mass is 300 g/mol. The summed E-state index contributed by atoms with van der Waals surface area (Å²) in [5, 5.41) is 13.8. The lowest BCUT2D eigenvalue weighted by Gasteiger charge is -2.22. The summed E-state index contributed by atoms with van der Waals surface area (Å²) < 4.78 is 0. The van der Waals surface area contributed by atoms with Gasteiger partial charge in [-0.15, -0.1) is 0 Å². The number of nitro groups is 1. The van der Waals surface area contributed by atoms with Crippen molar-refractivity contribution in [2.75, 3.05) is 11.5 Å². The van der Waals surface area contributed by atoms with E-state index >= 15 is 0 Å². The van der Waals surface area contributed by atoms with Gasteiger partial charge in [0.1, 0.15) is 0 Å². The van der Waals surface area contributed by atoms with E-state index in [1.54, 1.807) is 0 Å². The summed E-state index contributed by atoms with van der Waals surface area (Å²) in [7, 11) is 0. The lowest BCUT2D eigenvalue weighted by Crippen LogP contribution is -2.37. The smallest absolute Gasteiger partial charge is 0.270 e. The van der Waals surface area contributed by atoms with Crippen LogP contribution in [-0.4, -0.2) is 28.4 Å². The van der Waals surface area contributed by atoms with Crippen LogP contribution in [0.15, 0.2) is 18.2 Å². The number of non-ortho nitro benzene ring substituents is 1. The summed E-state index contributed by atoms with van der Waals surface area (Å²) in [6, 6.07) is 4.01. The maximum atomic E-state index is 12.1. The van der Waals surface area contributed by atoms with E-state index in [9.17, 15) is 14.9 Å². The number of carbonyl (C=O) groups excluding carboxylic acids is 1. The third-order valence-corrected chi connectivity index (χ3v) is 4.34. The molecule has 0 aliphatic carbocycles. The average molecular weight is 301 g/mol. The van der Waals surface area contributed by atoms with E-state index in [1.807, 2.05) is 11.8 Å². The van der Waals surface area contributed by atoms with Crippen molar-refractivity contribution in [1.82, 2.24) is 5.32 Å². The lowest BCUT2D eigenvalue weighted by molar-refractivity contribution is -0.384. The quantitative estimate of drug-likeness (QED) is 0.688. The Morgan fingerprint density at radius 2 is 2.11 bits per heavy atom. The van der Waals surface area contributed by atoms with Crippen molar-refractivity contribution in [3.63, 3.8) is 0 Å². The molecule has 0 unspecified atom stereocenters. The van der Waals surface area contributed by atoms with Crippen LogP contribution in [0, 0.1) is 10.1 Å². The Hall–Kier alpha value is -1.27. The largest absolute Gasteiger partial charge is 0.349 e. The number of rotatable bonds is 3. The number of hydrogen-bond donors (Lipinski definition) is 1. The first-order valence-corrected chi connectivity index (χ1v) is 7.44.